The fraction of sp³-hybridized carbons (Fsp3) is 0.667. The van der Waals surface area contributed by atoms with Crippen LogP contribution >= 0.6 is 11.3 Å². The number of amides is 1. The van der Waals surface area contributed by atoms with Crippen LogP contribution in [-0.2, 0) is 11.3 Å². The first-order valence-electron chi connectivity index (χ1n) is 6.86. The molecule has 1 fully saturated rings. The van der Waals surface area contributed by atoms with E-state index in [4.69, 9.17) is 5.73 Å². The minimum atomic E-state index is -0.549. The molecule has 0 saturated heterocycles. The van der Waals surface area contributed by atoms with Gasteiger partial charge in [-0.2, -0.15) is 0 Å². The molecule has 3 nitrogen and oxygen atoms in total. The highest BCUT2D eigenvalue weighted by molar-refractivity contribution is 7.09. The number of thiophene rings is 1. The standard InChI is InChI=1S/C15H24N2OS/c1-14(2,15(3,4)16)13(18)17(11-7-8-11)10-12-6-5-9-19-12/h5-6,9,11H,7-8,10,16H2,1-4H3. The van der Waals surface area contributed by atoms with Crippen molar-refractivity contribution in [1.82, 2.24) is 4.90 Å². The third-order valence-corrected chi connectivity index (χ3v) is 5.16. The SMILES string of the molecule is CC(C)(N)C(C)(C)C(=O)N(Cc1cccs1)C1CC1. The van der Waals surface area contributed by atoms with Gasteiger partial charge in [0.05, 0.1) is 12.0 Å². The number of hydrogen-bond acceptors (Lipinski definition) is 3. The van der Waals surface area contributed by atoms with Gasteiger partial charge in [-0.05, 0) is 52.0 Å². The van der Waals surface area contributed by atoms with Gasteiger partial charge in [0.1, 0.15) is 0 Å². The van der Waals surface area contributed by atoms with Crippen LogP contribution in [0.2, 0.25) is 0 Å². The molecule has 0 atom stereocenters. The van der Waals surface area contributed by atoms with E-state index in [9.17, 15) is 4.79 Å². The Hall–Kier alpha value is -0.870. The van der Waals surface area contributed by atoms with Crippen molar-refractivity contribution in [2.45, 2.75) is 58.7 Å². The molecular weight excluding hydrogens is 256 g/mol. The Labute approximate surface area is 119 Å². The Morgan fingerprint density at radius 2 is 2.05 bits per heavy atom. The first-order chi connectivity index (χ1) is 8.73. The molecule has 1 aromatic heterocycles. The van der Waals surface area contributed by atoms with Crippen LogP contribution in [0.3, 0.4) is 0 Å². The topological polar surface area (TPSA) is 46.3 Å². The van der Waals surface area contributed by atoms with Crippen LogP contribution in [0.5, 0.6) is 0 Å². The van der Waals surface area contributed by atoms with Gasteiger partial charge in [0, 0.05) is 16.5 Å². The van der Waals surface area contributed by atoms with E-state index in [1.165, 1.54) is 4.88 Å². The van der Waals surface area contributed by atoms with Crippen molar-refractivity contribution >= 4 is 17.2 Å². The normalized spacial score (nSPS) is 16.5. The molecule has 0 aromatic carbocycles. The first-order valence-corrected chi connectivity index (χ1v) is 7.74. The first kappa shape index (κ1) is 14.5. The summed E-state index contributed by atoms with van der Waals surface area (Å²) in [6, 6.07) is 4.54. The summed E-state index contributed by atoms with van der Waals surface area (Å²) in [6.07, 6.45) is 2.25. The Bertz CT molecular complexity index is 441. The molecular formula is C15H24N2OS. The fourth-order valence-corrected chi connectivity index (χ4v) is 2.66. The molecule has 1 heterocycles. The molecule has 1 saturated carbocycles. The third kappa shape index (κ3) is 3.00. The maximum atomic E-state index is 12.9. The van der Waals surface area contributed by atoms with Crippen LogP contribution in [0.4, 0.5) is 0 Å². The van der Waals surface area contributed by atoms with Crippen molar-refractivity contribution in [2.24, 2.45) is 11.1 Å². The lowest BCUT2D eigenvalue weighted by Gasteiger charge is -2.40. The smallest absolute Gasteiger partial charge is 0.230 e. The van der Waals surface area contributed by atoms with Gasteiger partial charge < -0.3 is 10.6 Å². The maximum Gasteiger partial charge on any atom is 0.230 e. The summed E-state index contributed by atoms with van der Waals surface area (Å²) in [6.45, 7) is 8.50. The number of carbonyl (C=O) groups excluding carboxylic acids is 1. The average Bonchev–Trinajstić information content (AvgIpc) is 3.01. The molecule has 1 aliphatic carbocycles. The van der Waals surface area contributed by atoms with E-state index in [-0.39, 0.29) is 5.91 Å². The molecule has 4 heteroatoms. The van der Waals surface area contributed by atoms with E-state index in [0.717, 1.165) is 19.4 Å². The van der Waals surface area contributed by atoms with E-state index in [1.54, 1.807) is 11.3 Å². The predicted octanol–water partition coefficient (Wildman–Crippen LogP) is 3.00. The largest absolute Gasteiger partial charge is 0.334 e. The number of nitrogens with zero attached hydrogens (tertiary/aromatic N) is 1. The number of hydrogen-bond donors (Lipinski definition) is 1. The zero-order chi connectivity index (χ0) is 14.3. The molecule has 106 valence electrons. The molecule has 2 rings (SSSR count). The Morgan fingerprint density at radius 3 is 2.47 bits per heavy atom. The minimum Gasteiger partial charge on any atom is -0.334 e. The highest BCUT2D eigenvalue weighted by atomic mass is 32.1. The molecule has 1 amide bonds. The second-order valence-corrected chi connectivity index (χ2v) is 7.62. The molecule has 0 aliphatic heterocycles. The Kier molecular flexibility index (Phi) is 3.76. The van der Waals surface area contributed by atoms with Gasteiger partial charge in [-0.1, -0.05) is 6.07 Å². The van der Waals surface area contributed by atoms with Crippen LogP contribution in [0.1, 0.15) is 45.4 Å². The van der Waals surface area contributed by atoms with Gasteiger partial charge in [0.2, 0.25) is 5.91 Å². The summed E-state index contributed by atoms with van der Waals surface area (Å²) in [5, 5.41) is 2.06. The van der Waals surface area contributed by atoms with Gasteiger partial charge in [-0.25, -0.2) is 0 Å². The lowest BCUT2D eigenvalue weighted by Crippen LogP contribution is -2.56. The summed E-state index contributed by atoms with van der Waals surface area (Å²) in [4.78, 5) is 16.1. The predicted molar refractivity (Wildman–Crippen MR) is 79.9 cm³/mol. The summed E-state index contributed by atoms with van der Waals surface area (Å²) in [7, 11) is 0. The van der Waals surface area contributed by atoms with E-state index < -0.39 is 11.0 Å². The van der Waals surface area contributed by atoms with Crippen molar-refractivity contribution in [2.75, 3.05) is 0 Å². The zero-order valence-electron chi connectivity index (χ0n) is 12.3. The van der Waals surface area contributed by atoms with Crippen molar-refractivity contribution < 1.29 is 4.79 Å². The molecule has 2 N–H and O–H groups in total. The summed E-state index contributed by atoms with van der Waals surface area (Å²) in [5.74, 6) is 0.177. The van der Waals surface area contributed by atoms with Crippen molar-refractivity contribution in [3.63, 3.8) is 0 Å². The van der Waals surface area contributed by atoms with Gasteiger partial charge in [-0.3, -0.25) is 4.79 Å². The van der Waals surface area contributed by atoms with Gasteiger partial charge in [-0.15, -0.1) is 11.3 Å². The van der Waals surface area contributed by atoms with Gasteiger partial charge in [0.25, 0.3) is 0 Å². The summed E-state index contributed by atoms with van der Waals surface area (Å²) in [5.41, 5.74) is 5.13. The lowest BCUT2D eigenvalue weighted by atomic mass is 9.74. The van der Waals surface area contributed by atoms with E-state index in [0.29, 0.717) is 6.04 Å². The Morgan fingerprint density at radius 1 is 1.42 bits per heavy atom. The Balaban J connectivity index is 2.18. The fourth-order valence-electron chi connectivity index (χ4n) is 1.96. The average molecular weight is 280 g/mol. The van der Waals surface area contributed by atoms with Gasteiger partial charge >= 0.3 is 0 Å². The molecule has 1 aliphatic rings. The van der Waals surface area contributed by atoms with Crippen LogP contribution in [0, 0.1) is 5.41 Å². The monoisotopic (exact) mass is 280 g/mol. The number of nitrogens with two attached hydrogens (primary N) is 1. The van der Waals surface area contributed by atoms with Crippen molar-refractivity contribution in [3.8, 4) is 0 Å². The molecule has 0 unspecified atom stereocenters. The molecule has 19 heavy (non-hydrogen) atoms. The second-order valence-electron chi connectivity index (χ2n) is 6.59. The zero-order valence-corrected chi connectivity index (χ0v) is 13.1. The van der Waals surface area contributed by atoms with E-state index >= 15 is 0 Å². The van der Waals surface area contributed by atoms with Crippen LogP contribution < -0.4 is 5.73 Å². The third-order valence-electron chi connectivity index (χ3n) is 4.30. The van der Waals surface area contributed by atoms with Crippen LogP contribution in [0.25, 0.3) is 0 Å². The van der Waals surface area contributed by atoms with Crippen molar-refractivity contribution in [3.05, 3.63) is 22.4 Å². The molecule has 1 aromatic rings. The summed E-state index contributed by atoms with van der Waals surface area (Å²) < 4.78 is 0. The second kappa shape index (κ2) is 4.91. The minimum absolute atomic E-state index is 0.177. The quantitative estimate of drug-likeness (QED) is 0.901. The van der Waals surface area contributed by atoms with E-state index in [1.807, 2.05) is 38.7 Å². The molecule has 0 bridgehead atoms. The summed E-state index contributed by atoms with van der Waals surface area (Å²) >= 11 is 1.71. The molecule has 0 radical (unpaired) electrons. The molecule has 0 spiro atoms. The number of carbonyl (C=O) groups is 1. The maximum absolute atomic E-state index is 12.9. The van der Waals surface area contributed by atoms with Gasteiger partial charge in [0.15, 0.2) is 0 Å². The highest BCUT2D eigenvalue weighted by Gasteiger charge is 2.46. The van der Waals surface area contributed by atoms with Crippen LogP contribution in [-0.4, -0.2) is 22.4 Å². The highest BCUT2D eigenvalue weighted by Crippen LogP contribution is 2.37. The lowest BCUT2D eigenvalue weighted by molar-refractivity contribution is -0.144. The van der Waals surface area contributed by atoms with Crippen molar-refractivity contribution in [1.29, 1.82) is 0 Å². The van der Waals surface area contributed by atoms with E-state index in [2.05, 4.69) is 11.4 Å². The van der Waals surface area contributed by atoms with Crippen LogP contribution in [0.15, 0.2) is 17.5 Å². The number of rotatable bonds is 5.